The van der Waals surface area contributed by atoms with Gasteiger partial charge in [-0.25, -0.2) is 5.43 Å². The van der Waals surface area contributed by atoms with Crippen LogP contribution < -0.4 is 16.0 Å². The number of ether oxygens (including phenoxy) is 1. The van der Waals surface area contributed by atoms with E-state index in [4.69, 9.17) is 10.6 Å². The van der Waals surface area contributed by atoms with Crippen molar-refractivity contribution in [3.8, 4) is 5.75 Å². The molecule has 1 aliphatic carbocycles. The molecule has 0 radical (unpaired) electrons. The molecule has 17 heavy (non-hydrogen) atoms. The lowest BCUT2D eigenvalue weighted by atomic mass is 9.90. The minimum absolute atomic E-state index is 0.116. The van der Waals surface area contributed by atoms with E-state index in [9.17, 15) is 0 Å². The number of allylic oxidation sites excluding steroid dienone is 1. The molecule has 0 saturated heterocycles. The Labute approximate surface area is 103 Å². The Balaban J connectivity index is 2.24. The van der Waals surface area contributed by atoms with E-state index >= 15 is 0 Å². The molecular weight excluding hydrogens is 212 g/mol. The highest BCUT2D eigenvalue weighted by Crippen LogP contribution is 2.30. The van der Waals surface area contributed by atoms with Crippen LogP contribution in [-0.2, 0) is 0 Å². The zero-order valence-electron chi connectivity index (χ0n) is 10.3. The van der Waals surface area contributed by atoms with Crippen LogP contribution in [0.15, 0.2) is 35.9 Å². The summed E-state index contributed by atoms with van der Waals surface area (Å²) in [6.07, 6.45) is 7.16. The summed E-state index contributed by atoms with van der Waals surface area (Å²) in [6, 6.07) is 8.20. The molecule has 1 aromatic carbocycles. The standard InChI is InChI=1S/C14H20N2O/c1-17-13-9-5-8-12(10-13)14(16-15)11-6-3-2-4-7-11/h5-6,8-10,14,16H,2-4,7,15H2,1H3. The van der Waals surface area contributed by atoms with E-state index in [1.54, 1.807) is 7.11 Å². The molecule has 1 aromatic rings. The molecule has 1 aliphatic rings. The van der Waals surface area contributed by atoms with Crippen molar-refractivity contribution in [2.24, 2.45) is 5.84 Å². The molecular formula is C14H20N2O. The van der Waals surface area contributed by atoms with Gasteiger partial charge in [-0.15, -0.1) is 0 Å². The quantitative estimate of drug-likeness (QED) is 0.476. The van der Waals surface area contributed by atoms with Crippen molar-refractivity contribution >= 4 is 0 Å². The van der Waals surface area contributed by atoms with Gasteiger partial charge in [0, 0.05) is 0 Å². The summed E-state index contributed by atoms with van der Waals surface area (Å²) in [4.78, 5) is 0. The van der Waals surface area contributed by atoms with E-state index in [2.05, 4.69) is 17.6 Å². The minimum Gasteiger partial charge on any atom is -0.497 e. The van der Waals surface area contributed by atoms with E-state index in [0.717, 1.165) is 18.6 Å². The van der Waals surface area contributed by atoms with Crippen LogP contribution in [0.5, 0.6) is 5.75 Å². The van der Waals surface area contributed by atoms with Crippen molar-refractivity contribution in [3.05, 3.63) is 41.5 Å². The lowest BCUT2D eigenvalue weighted by Crippen LogP contribution is -2.30. The Kier molecular flexibility index (Phi) is 4.18. The number of nitrogens with two attached hydrogens (primary N) is 1. The third-order valence-corrected chi connectivity index (χ3v) is 3.29. The Morgan fingerprint density at radius 3 is 2.88 bits per heavy atom. The van der Waals surface area contributed by atoms with Crippen molar-refractivity contribution in [2.75, 3.05) is 7.11 Å². The first-order chi connectivity index (χ1) is 8.35. The van der Waals surface area contributed by atoms with Crippen LogP contribution >= 0.6 is 0 Å². The molecule has 92 valence electrons. The SMILES string of the molecule is COc1cccc(C(NN)C2=CCCCC2)c1. The molecule has 0 saturated carbocycles. The average Bonchev–Trinajstić information content (AvgIpc) is 2.41. The zero-order chi connectivity index (χ0) is 12.1. The number of hydrogen-bond donors (Lipinski definition) is 2. The third kappa shape index (κ3) is 2.87. The zero-order valence-corrected chi connectivity index (χ0v) is 10.3. The van der Waals surface area contributed by atoms with E-state index < -0.39 is 0 Å². The van der Waals surface area contributed by atoms with E-state index in [1.165, 1.54) is 24.0 Å². The van der Waals surface area contributed by atoms with Crippen molar-refractivity contribution < 1.29 is 4.74 Å². The van der Waals surface area contributed by atoms with Gasteiger partial charge in [0.15, 0.2) is 0 Å². The maximum atomic E-state index is 5.70. The smallest absolute Gasteiger partial charge is 0.119 e. The van der Waals surface area contributed by atoms with Gasteiger partial charge in [0.25, 0.3) is 0 Å². The van der Waals surface area contributed by atoms with Gasteiger partial charge in [-0.05, 0) is 43.4 Å². The molecule has 0 aromatic heterocycles. The lowest BCUT2D eigenvalue weighted by molar-refractivity contribution is 0.413. The van der Waals surface area contributed by atoms with Crippen LogP contribution in [0.3, 0.4) is 0 Å². The molecule has 0 spiro atoms. The highest BCUT2D eigenvalue weighted by atomic mass is 16.5. The van der Waals surface area contributed by atoms with Crippen molar-refractivity contribution in [2.45, 2.75) is 31.7 Å². The molecule has 1 atom stereocenters. The molecule has 3 heteroatoms. The first kappa shape index (κ1) is 12.1. The van der Waals surface area contributed by atoms with Gasteiger partial charge >= 0.3 is 0 Å². The topological polar surface area (TPSA) is 47.3 Å². The summed E-state index contributed by atoms with van der Waals surface area (Å²) in [5.74, 6) is 6.57. The fourth-order valence-electron chi connectivity index (χ4n) is 2.36. The van der Waals surface area contributed by atoms with Gasteiger partial charge in [-0.3, -0.25) is 5.84 Å². The Bertz CT molecular complexity index is 401. The summed E-state index contributed by atoms with van der Waals surface area (Å²) in [6.45, 7) is 0. The molecule has 0 amide bonds. The maximum absolute atomic E-state index is 5.70. The van der Waals surface area contributed by atoms with Gasteiger partial charge in [-0.2, -0.15) is 0 Å². The largest absolute Gasteiger partial charge is 0.497 e. The molecule has 0 heterocycles. The first-order valence-corrected chi connectivity index (χ1v) is 6.14. The molecule has 1 unspecified atom stereocenters. The van der Waals surface area contributed by atoms with Crippen LogP contribution in [0.4, 0.5) is 0 Å². The molecule has 0 bridgehead atoms. The highest BCUT2D eigenvalue weighted by molar-refractivity contribution is 5.35. The summed E-state index contributed by atoms with van der Waals surface area (Å²) in [5, 5.41) is 0. The monoisotopic (exact) mass is 232 g/mol. The fourth-order valence-corrected chi connectivity index (χ4v) is 2.36. The second-order valence-corrected chi connectivity index (χ2v) is 4.40. The molecule has 3 nitrogen and oxygen atoms in total. The number of rotatable bonds is 4. The normalized spacial score (nSPS) is 17.4. The second kappa shape index (κ2) is 5.84. The van der Waals surface area contributed by atoms with Crippen molar-refractivity contribution in [3.63, 3.8) is 0 Å². The van der Waals surface area contributed by atoms with Crippen LogP contribution in [0, 0.1) is 0 Å². The van der Waals surface area contributed by atoms with E-state index in [0.29, 0.717) is 0 Å². The molecule has 3 N–H and O–H groups in total. The van der Waals surface area contributed by atoms with Crippen LogP contribution in [0.2, 0.25) is 0 Å². The first-order valence-electron chi connectivity index (χ1n) is 6.14. The van der Waals surface area contributed by atoms with Gasteiger partial charge < -0.3 is 4.74 Å². The average molecular weight is 232 g/mol. The predicted molar refractivity (Wildman–Crippen MR) is 69.6 cm³/mol. The maximum Gasteiger partial charge on any atom is 0.119 e. The summed E-state index contributed by atoms with van der Waals surface area (Å²) < 4.78 is 5.25. The number of hydrazine groups is 1. The Morgan fingerprint density at radius 1 is 1.35 bits per heavy atom. The fraction of sp³-hybridized carbons (Fsp3) is 0.429. The highest BCUT2D eigenvalue weighted by Gasteiger charge is 2.17. The summed E-state index contributed by atoms with van der Waals surface area (Å²) in [5.41, 5.74) is 5.48. The van der Waals surface area contributed by atoms with E-state index in [-0.39, 0.29) is 6.04 Å². The number of nitrogens with one attached hydrogen (secondary N) is 1. The van der Waals surface area contributed by atoms with Crippen LogP contribution in [0.1, 0.15) is 37.3 Å². The van der Waals surface area contributed by atoms with Crippen molar-refractivity contribution in [1.29, 1.82) is 0 Å². The van der Waals surface area contributed by atoms with Crippen molar-refractivity contribution in [1.82, 2.24) is 5.43 Å². The van der Waals surface area contributed by atoms with Crippen LogP contribution in [-0.4, -0.2) is 7.11 Å². The molecule has 2 rings (SSSR count). The van der Waals surface area contributed by atoms with Crippen LogP contribution in [0.25, 0.3) is 0 Å². The predicted octanol–water partition coefficient (Wildman–Crippen LogP) is 2.70. The number of benzene rings is 1. The number of methoxy groups -OCH3 is 1. The third-order valence-electron chi connectivity index (χ3n) is 3.29. The van der Waals surface area contributed by atoms with Gasteiger partial charge in [0.2, 0.25) is 0 Å². The van der Waals surface area contributed by atoms with Gasteiger partial charge in [0.1, 0.15) is 5.75 Å². The minimum atomic E-state index is 0.116. The van der Waals surface area contributed by atoms with Gasteiger partial charge in [0.05, 0.1) is 13.2 Å². The Morgan fingerprint density at radius 2 is 2.24 bits per heavy atom. The second-order valence-electron chi connectivity index (χ2n) is 4.40. The lowest BCUT2D eigenvalue weighted by Gasteiger charge is -2.23. The van der Waals surface area contributed by atoms with E-state index in [1.807, 2.05) is 18.2 Å². The number of hydrogen-bond acceptors (Lipinski definition) is 3. The molecule has 0 fully saturated rings. The molecule has 0 aliphatic heterocycles. The Hall–Kier alpha value is -1.32. The summed E-state index contributed by atoms with van der Waals surface area (Å²) in [7, 11) is 1.68. The summed E-state index contributed by atoms with van der Waals surface area (Å²) >= 11 is 0. The van der Waals surface area contributed by atoms with Gasteiger partial charge in [-0.1, -0.05) is 23.8 Å².